The highest BCUT2D eigenvalue weighted by molar-refractivity contribution is 8.00. The Morgan fingerprint density at radius 1 is 1.14 bits per heavy atom. The van der Waals surface area contributed by atoms with Gasteiger partial charge in [-0.3, -0.25) is 19.8 Å². The lowest BCUT2D eigenvalue weighted by atomic mass is 10.1. The third kappa shape index (κ3) is 2.69. The summed E-state index contributed by atoms with van der Waals surface area (Å²) in [4.78, 5) is 24.3. The fourth-order valence-electron chi connectivity index (χ4n) is 2.42. The Labute approximate surface area is 132 Å². The summed E-state index contributed by atoms with van der Waals surface area (Å²) in [5.41, 5.74) is 2.93. The molecule has 6 heteroatoms. The van der Waals surface area contributed by atoms with Crippen LogP contribution >= 0.6 is 11.8 Å². The number of thioether (sulfide) groups is 1. The van der Waals surface area contributed by atoms with Crippen LogP contribution in [-0.4, -0.2) is 16.6 Å². The topological polar surface area (TPSA) is 63.5 Å². The molecular formula is C16H14N2O3S. The van der Waals surface area contributed by atoms with Crippen LogP contribution in [0.4, 0.5) is 11.4 Å². The van der Waals surface area contributed by atoms with Crippen molar-refractivity contribution >= 4 is 29.0 Å². The number of anilines is 1. The van der Waals surface area contributed by atoms with Crippen LogP contribution in [0.2, 0.25) is 0 Å². The van der Waals surface area contributed by atoms with Gasteiger partial charge in [0.2, 0.25) is 5.91 Å². The SMILES string of the molecule is Cc1ccc(N2C(=O)CS[C@H]2c2ccc([N+](=O)[O-])cc2)cc1. The first kappa shape index (κ1) is 14.6. The zero-order valence-corrected chi connectivity index (χ0v) is 12.7. The normalized spacial score (nSPS) is 17.8. The molecule has 0 radical (unpaired) electrons. The molecule has 1 aliphatic heterocycles. The Balaban J connectivity index is 1.93. The number of nitrogens with zero attached hydrogens (tertiary/aromatic N) is 2. The molecule has 3 rings (SSSR count). The molecule has 2 aromatic rings. The van der Waals surface area contributed by atoms with Crippen molar-refractivity contribution in [2.24, 2.45) is 0 Å². The minimum Gasteiger partial charge on any atom is -0.295 e. The monoisotopic (exact) mass is 314 g/mol. The number of carbonyl (C=O) groups excluding carboxylic acids is 1. The zero-order valence-electron chi connectivity index (χ0n) is 11.9. The molecule has 0 aromatic heterocycles. The molecule has 22 heavy (non-hydrogen) atoms. The van der Waals surface area contributed by atoms with Crippen LogP contribution < -0.4 is 4.90 Å². The second kappa shape index (κ2) is 5.81. The van der Waals surface area contributed by atoms with Crippen molar-refractivity contribution in [1.82, 2.24) is 0 Å². The molecule has 5 nitrogen and oxygen atoms in total. The second-order valence-corrected chi connectivity index (χ2v) is 6.18. The highest BCUT2D eigenvalue weighted by Crippen LogP contribution is 2.41. The van der Waals surface area contributed by atoms with Gasteiger partial charge in [0.25, 0.3) is 5.69 Å². The molecule has 2 aromatic carbocycles. The van der Waals surface area contributed by atoms with Gasteiger partial charge in [-0.15, -0.1) is 11.8 Å². The van der Waals surface area contributed by atoms with E-state index in [0.717, 1.165) is 16.8 Å². The molecule has 1 amide bonds. The highest BCUT2D eigenvalue weighted by Gasteiger charge is 2.34. The molecule has 0 N–H and O–H groups in total. The average Bonchev–Trinajstić information content (AvgIpc) is 2.90. The molecule has 1 fully saturated rings. The number of benzene rings is 2. The molecule has 0 bridgehead atoms. The van der Waals surface area contributed by atoms with E-state index in [1.54, 1.807) is 17.0 Å². The number of non-ortho nitro benzene ring substituents is 1. The Hall–Kier alpha value is -2.34. The third-order valence-corrected chi connectivity index (χ3v) is 4.78. The van der Waals surface area contributed by atoms with Gasteiger partial charge >= 0.3 is 0 Å². The fraction of sp³-hybridized carbons (Fsp3) is 0.188. The van der Waals surface area contributed by atoms with Crippen LogP contribution in [0.15, 0.2) is 48.5 Å². The summed E-state index contributed by atoms with van der Waals surface area (Å²) in [7, 11) is 0. The van der Waals surface area contributed by atoms with Crippen LogP contribution in [0.1, 0.15) is 16.5 Å². The lowest BCUT2D eigenvalue weighted by Gasteiger charge is -2.24. The quantitative estimate of drug-likeness (QED) is 0.640. The lowest BCUT2D eigenvalue weighted by molar-refractivity contribution is -0.384. The maximum atomic E-state index is 12.2. The first-order valence-corrected chi connectivity index (χ1v) is 7.86. The third-order valence-electron chi connectivity index (χ3n) is 3.57. The van der Waals surface area contributed by atoms with Gasteiger partial charge in [0.15, 0.2) is 0 Å². The Kier molecular flexibility index (Phi) is 3.85. The van der Waals surface area contributed by atoms with Gasteiger partial charge in [-0.25, -0.2) is 0 Å². The molecule has 0 saturated carbocycles. The standard InChI is InChI=1S/C16H14N2O3S/c1-11-2-6-13(7-3-11)17-15(19)10-22-16(17)12-4-8-14(9-5-12)18(20)21/h2-9,16H,10H2,1H3/t16-/m0/s1. The number of carbonyl (C=O) groups is 1. The number of nitro benzene ring substituents is 1. The molecule has 1 saturated heterocycles. The Morgan fingerprint density at radius 3 is 2.36 bits per heavy atom. The fourth-order valence-corrected chi connectivity index (χ4v) is 3.59. The Morgan fingerprint density at radius 2 is 1.77 bits per heavy atom. The van der Waals surface area contributed by atoms with Gasteiger partial charge < -0.3 is 0 Å². The summed E-state index contributed by atoms with van der Waals surface area (Å²) < 4.78 is 0. The molecule has 0 spiro atoms. The average molecular weight is 314 g/mol. The summed E-state index contributed by atoms with van der Waals surface area (Å²) in [5, 5.41) is 10.6. The summed E-state index contributed by atoms with van der Waals surface area (Å²) >= 11 is 1.53. The maximum Gasteiger partial charge on any atom is 0.269 e. The molecule has 1 atom stereocenters. The van der Waals surface area contributed by atoms with E-state index in [1.165, 1.54) is 23.9 Å². The van der Waals surface area contributed by atoms with Crippen molar-refractivity contribution in [1.29, 1.82) is 0 Å². The molecule has 0 aliphatic carbocycles. The summed E-state index contributed by atoms with van der Waals surface area (Å²) in [6, 6.07) is 14.2. The number of hydrogen-bond donors (Lipinski definition) is 0. The summed E-state index contributed by atoms with van der Waals surface area (Å²) in [6.07, 6.45) is 0. The Bertz CT molecular complexity index is 713. The minimum absolute atomic E-state index is 0.0530. The maximum absolute atomic E-state index is 12.2. The summed E-state index contributed by atoms with van der Waals surface area (Å²) in [5.74, 6) is 0.465. The number of rotatable bonds is 3. The van der Waals surface area contributed by atoms with Crippen LogP contribution in [0.3, 0.4) is 0 Å². The molecule has 112 valence electrons. The van der Waals surface area contributed by atoms with E-state index in [-0.39, 0.29) is 17.0 Å². The van der Waals surface area contributed by atoms with Crippen molar-refractivity contribution in [3.8, 4) is 0 Å². The number of amides is 1. The van der Waals surface area contributed by atoms with E-state index < -0.39 is 4.92 Å². The van der Waals surface area contributed by atoms with Gasteiger partial charge in [0.1, 0.15) is 5.37 Å². The second-order valence-electron chi connectivity index (χ2n) is 5.11. The molecule has 0 unspecified atom stereocenters. The minimum atomic E-state index is -0.422. The number of aryl methyl sites for hydroxylation is 1. The van der Waals surface area contributed by atoms with E-state index in [2.05, 4.69) is 0 Å². The largest absolute Gasteiger partial charge is 0.295 e. The van der Waals surface area contributed by atoms with E-state index in [1.807, 2.05) is 31.2 Å². The predicted octanol–water partition coefficient (Wildman–Crippen LogP) is 3.68. The van der Waals surface area contributed by atoms with Gasteiger partial charge in [0, 0.05) is 17.8 Å². The molecule has 1 aliphatic rings. The van der Waals surface area contributed by atoms with Gasteiger partial charge in [-0.05, 0) is 36.8 Å². The molecule has 1 heterocycles. The highest BCUT2D eigenvalue weighted by atomic mass is 32.2. The van der Waals surface area contributed by atoms with Crippen molar-refractivity contribution in [3.63, 3.8) is 0 Å². The van der Waals surface area contributed by atoms with E-state index in [4.69, 9.17) is 0 Å². The first-order valence-electron chi connectivity index (χ1n) is 6.81. The van der Waals surface area contributed by atoms with E-state index in [0.29, 0.717) is 5.75 Å². The van der Waals surface area contributed by atoms with Crippen molar-refractivity contribution in [2.75, 3.05) is 10.7 Å². The van der Waals surface area contributed by atoms with Gasteiger partial charge in [-0.1, -0.05) is 17.7 Å². The van der Waals surface area contributed by atoms with Gasteiger partial charge in [-0.2, -0.15) is 0 Å². The van der Waals surface area contributed by atoms with E-state index >= 15 is 0 Å². The van der Waals surface area contributed by atoms with Crippen LogP contribution in [-0.2, 0) is 4.79 Å². The van der Waals surface area contributed by atoms with Gasteiger partial charge in [0.05, 0.1) is 10.7 Å². The van der Waals surface area contributed by atoms with Crippen molar-refractivity contribution in [3.05, 3.63) is 69.8 Å². The van der Waals surface area contributed by atoms with Crippen LogP contribution in [0, 0.1) is 17.0 Å². The summed E-state index contributed by atoms with van der Waals surface area (Å²) in [6.45, 7) is 2.00. The molecular weight excluding hydrogens is 300 g/mol. The van der Waals surface area contributed by atoms with Crippen LogP contribution in [0.5, 0.6) is 0 Å². The van der Waals surface area contributed by atoms with Crippen molar-refractivity contribution in [2.45, 2.75) is 12.3 Å². The van der Waals surface area contributed by atoms with E-state index in [9.17, 15) is 14.9 Å². The smallest absolute Gasteiger partial charge is 0.269 e. The first-order chi connectivity index (χ1) is 10.6. The number of hydrogen-bond acceptors (Lipinski definition) is 4. The van der Waals surface area contributed by atoms with Crippen LogP contribution in [0.25, 0.3) is 0 Å². The van der Waals surface area contributed by atoms with Crippen molar-refractivity contribution < 1.29 is 9.72 Å². The number of nitro groups is 1. The predicted molar refractivity (Wildman–Crippen MR) is 87.0 cm³/mol. The zero-order chi connectivity index (χ0) is 15.7. The lowest BCUT2D eigenvalue weighted by Crippen LogP contribution is -2.27.